The molecule has 2 rings (SSSR count). The molecule has 3 heteroatoms. The van der Waals surface area contributed by atoms with E-state index in [9.17, 15) is 0 Å². The van der Waals surface area contributed by atoms with Gasteiger partial charge >= 0.3 is 0 Å². The second-order valence-electron chi connectivity index (χ2n) is 3.09. The summed E-state index contributed by atoms with van der Waals surface area (Å²) in [5, 5.41) is 8.09. The van der Waals surface area contributed by atoms with Gasteiger partial charge in [0, 0.05) is 12.1 Å². The molecule has 0 amide bonds. The zero-order valence-electron chi connectivity index (χ0n) is 7.11. The summed E-state index contributed by atoms with van der Waals surface area (Å²) in [6.07, 6.45) is 1.63. The van der Waals surface area contributed by atoms with Crippen LogP contribution in [0.5, 0.6) is 0 Å². The normalized spacial score (nSPS) is 11.2. The quantitative estimate of drug-likeness (QED) is 0.646. The molecule has 0 fully saturated rings. The summed E-state index contributed by atoms with van der Waals surface area (Å²) >= 11 is 0. The molecule has 3 nitrogen and oxygen atoms in total. The minimum Gasteiger partial charge on any atom is -0.463 e. The molecule has 0 saturated carbocycles. The molecule has 0 aliphatic rings. The van der Waals surface area contributed by atoms with Crippen molar-refractivity contribution in [3.05, 3.63) is 24.1 Å². The molecule has 0 bridgehead atoms. The maximum Gasteiger partial charge on any atom is 0.156 e. The lowest BCUT2D eigenvalue weighted by molar-refractivity contribution is 0.612. The SMILES string of the molecule is CC(C)c1cc2occc2nn1. The van der Waals surface area contributed by atoms with Crippen molar-refractivity contribution in [3.8, 4) is 0 Å². The van der Waals surface area contributed by atoms with Gasteiger partial charge < -0.3 is 4.42 Å². The molecule has 0 radical (unpaired) electrons. The lowest BCUT2D eigenvalue weighted by atomic mass is 10.1. The Morgan fingerprint density at radius 3 is 2.92 bits per heavy atom. The van der Waals surface area contributed by atoms with Crippen LogP contribution in [0.2, 0.25) is 0 Å². The van der Waals surface area contributed by atoms with E-state index in [1.54, 1.807) is 6.26 Å². The van der Waals surface area contributed by atoms with Gasteiger partial charge in [0.1, 0.15) is 5.52 Å². The average Bonchev–Trinajstić information content (AvgIpc) is 2.49. The first-order valence-electron chi connectivity index (χ1n) is 3.98. The fourth-order valence-corrected chi connectivity index (χ4v) is 1.06. The van der Waals surface area contributed by atoms with Crippen LogP contribution in [0.1, 0.15) is 25.5 Å². The van der Waals surface area contributed by atoms with Crippen LogP contribution in [-0.4, -0.2) is 10.2 Å². The first-order chi connectivity index (χ1) is 5.77. The van der Waals surface area contributed by atoms with Crippen molar-refractivity contribution in [3.63, 3.8) is 0 Å². The van der Waals surface area contributed by atoms with E-state index in [0.717, 1.165) is 16.8 Å². The van der Waals surface area contributed by atoms with Gasteiger partial charge in [0.25, 0.3) is 0 Å². The number of nitrogens with zero attached hydrogens (tertiary/aromatic N) is 2. The van der Waals surface area contributed by atoms with Crippen LogP contribution in [0.4, 0.5) is 0 Å². The Labute approximate surface area is 70.4 Å². The Kier molecular flexibility index (Phi) is 1.57. The van der Waals surface area contributed by atoms with Crippen molar-refractivity contribution < 1.29 is 4.42 Å². The summed E-state index contributed by atoms with van der Waals surface area (Å²) in [5.74, 6) is 0.395. The van der Waals surface area contributed by atoms with E-state index in [-0.39, 0.29) is 0 Å². The molecule has 2 aromatic heterocycles. The van der Waals surface area contributed by atoms with Crippen molar-refractivity contribution in [2.75, 3.05) is 0 Å². The standard InChI is InChI=1S/C9H10N2O/c1-6(2)8-5-9-7(10-11-8)3-4-12-9/h3-6H,1-2H3. The molecule has 0 aliphatic heterocycles. The molecule has 0 aliphatic carbocycles. The molecule has 0 unspecified atom stereocenters. The molecule has 2 aromatic rings. The lowest BCUT2D eigenvalue weighted by Gasteiger charge is -2.00. The summed E-state index contributed by atoms with van der Waals surface area (Å²) in [5.41, 5.74) is 2.60. The van der Waals surface area contributed by atoms with Gasteiger partial charge in [-0.1, -0.05) is 13.8 Å². The van der Waals surface area contributed by atoms with Gasteiger partial charge in [-0.05, 0) is 5.92 Å². The van der Waals surface area contributed by atoms with Crippen LogP contribution in [0.25, 0.3) is 11.1 Å². The third-order valence-corrected chi connectivity index (χ3v) is 1.82. The second-order valence-corrected chi connectivity index (χ2v) is 3.09. The molecule has 0 saturated heterocycles. The zero-order chi connectivity index (χ0) is 8.55. The third kappa shape index (κ3) is 1.07. The molecule has 12 heavy (non-hydrogen) atoms. The van der Waals surface area contributed by atoms with Crippen LogP contribution in [-0.2, 0) is 0 Å². The molecule has 0 aromatic carbocycles. The number of aromatic nitrogens is 2. The smallest absolute Gasteiger partial charge is 0.156 e. The number of furan rings is 1. The van der Waals surface area contributed by atoms with Gasteiger partial charge in [0.2, 0.25) is 0 Å². The monoisotopic (exact) mass is 162 g/mol. The van der Waals surface area contributed by atoms with Crippen LogP contribution < -0.4 is 0 Å². The van der Waals surface area contributed by atoms with Gasteiger partial charge in [-0.2, -0.15) is 5.10 Å². The van der Waals surface area contributed by atoms with Gasteiger partial charge in [-0.15, -0.1) is 5.10 Å². The Hall–Kier alpha value is -1.38. The van der Waals surface area contributed by atoms with E-state index in [1.807, 2.05) is 12.1 Å². The molecule has 62 valence electrons. The van der Waals surface area contributed by atoms with Crippen LogP contribution in [0.3, 0.4) is 0 Å². The van der Waals surface area contributed by atoms with Crippen LogP contribution in [0, 0.1) is 0 Å². The highest BCUT2D eigenvalue weighted by Crippen LogP contribution is 2.16. The highest BCUT2D eigenvalue weighted by Gasteiger charge is 2.04. The largest absolute Gasteiger partial charge is 0.463 e. The maximum absolute atomic E-state index is 5.21. The minimum absolute atomic E-state index is 0.395. The summed E-state index contributed by atoms with van der Waals surface area (Å²) in [6.45, 7) is 4.16. The number of fused-ring (bicyclic) bond motifs is 1. The van der Waals surface area contributed by atoms with Gasteiger partial charge in [-0.3, -0.25) is 0 Å². The fraction of sp³-hybridized carbons (Fsp3) is 0.333. The predicted octanol–water partition coefficient (Wildman–Crippen LogP) is 2.35. The third-order valence-electron chi connectivity index (χ3n) is 1.82. The number of hydrogen-bond acceptors (Lipinski definition) is 3. The van der Waals surface area contributed by atoms with Crippen molar-refractivity contribution in [1.82, 2.24) is 10.2 Å². The van der Waals surface area contributed by atoms with E-state index < -0.39 is 0 Å². The number of hydrogen-bond donors (Lipinski definition) is 0. The van der Waals surface area contributed by atoms with E-state index in [4.69, 9.17) is 4.42 Å². The molecular formula is C9H10N2O. The zero-order valence-corrected chi connectivity index (χ0v) is 7.11. The van der Waals surface area contributed by atoms with E-state index in [2.05, 4.69) is 24.0 Å². The van der Waals surface area contributed by atoms with E-state index in [0.29, 0.717) is 5.92 Å². The van der Waals surface area contributed by atoms with Crippen LogP contribution in [0.15, 0.2) is 22.8 Å². The van der Waals surface area contributed by atoms with E-state index in [1.165, 1.54) is 0 Å². The topological polar surface area (TPSA) is 38.9 Å². The van der Waals surface area contributed by atoms with Gasteiger partial charge in [-0.25, -0.2) is 0 Å². The molecular weight excluding hydrogens is 152 g/mol. The Bertz CT molecular complexity index is 392. The molecule has 0 N–H and O–H groups in total. The van der Waals surface area contributed by atoms with Gasteiger partial charge in [0.15, 0.2) is 5.58 Å². The predicted molar refractivity (Wildman–Crippen MR) is 45.9 cm³/mol. The summed E-state index contributed by atoms with van der Waals surface area (Å²) in [7, 11) is 0. The second kappa shape index (κ2) is 2.59. The Morgan fingerprint density at radius 1 is 1.33 bits per heavy atom. The maximum atomic E-state index is 5.21. The van der Waals surface area contributed by atoms with Crippen LogP contribution >= 0.6 is 0 Å². The number of rotatable bonds is 1. The van der Waals surface area contributed by atoms with Crippen molar-refractivity contribution >= 4 is 11.1 Å². The summed E-state index contributed by atoms with van der Waals surface area (Å²) < 4.78 is 5.21. The van der Waals surface area contributed by atoms with Crippen molar-refractivity contribution in [2.24, 2.45) is 0 Å². The average molecular weight is 162 g/mol. The molecule has 0 atom stereocenters. The fourth-order valence-electron chi connectivity index (χ4n) is 1.06. The Balaban J connectivity index is 2.60. The highest BCUT2D eigenvalue weighted by molar-refractivity contribution is 5.71. The molecule has 2 heterocycles. The van der Waals surface area contributed by atoms with Crippen molar-refractivity contribution in [1.29, 1.82) is 0 Å². The van der Waals surface area contributed by atoms with Crippen molar-refractivity contribution in [2.45, 2.75) is 19.8 Å². The first kappa shape index (κ1) is 7.28. The van der Waals surface area contributed by atoms with Gasteiger partial charge in [0.05, 0.1) is 12.0 Å². The minimum atomic E-state index is 0.395. The Morgan fingerprint density at radius 2 is 2.17 bits per heavy atom. The molecule has 0 spiro atoms. The van der Waals surface area contributed by atoms with E-state index >= 15 is 0 Å². The first-order valence-corrected chi connectivity index (χ1v) is 3.98. The summed E-state index contributed by atoms with van der Waals surface area (Å²) in [4.78, 5) is 0. The summed E-state index contributed by atoms with van der Waals surface area (Å²) in [6, 6.07) is 3.75. The highest BCUT2D eigenvalue weighted by atomic mass is 16.3. The lowest BCUT2D eigenvalue weighted by Crippen LogP contribution is -1.93.